The topological polar surface area (TPSA) is 49.9 Å². The zero-order valence-electron chi connectivity index (χ0n) is 19.2. The number of methoxy groups -OCH3 is 1. The van der Waals surface area contributed by atoms with Gasteiger partial charge in [-0.25, -0.2) is 4.39 Å². The number of hydrogen-bond donors (Lipinski definition) is 0. The molecule has 3 aromatic rings. The van der Waals surface area contributed by atoms with Crippen molar-refractivity contribution in [2.45, 2.75) is 18.9 Å². The van der Waals surface area contributed by atoms with E-state index in [-0.39, 0.29) is 24.6 Å². The van der Waals surface area contributed by atoms with Crippen LogP contribution in [0.25, 0.3) is 0 Å². The highest BCUT2D eigenvalue weighted by molar-refractivity contribution is 7.10. The third-order valence-electron chi connectivity index (χ3n) is 6.04. The monoisotopic (exact) mass is 534 g/mol. The number of carbonyl (C=O) groups excluding carboxylic acids is 2. The number of carbonyl (C=O) groups is 2. The van der Waals surface area contributed by atoms with Crippen LogP contribution in [0.2, 0.25) is 10.0 Å². The molecule has 1 aliphatic rings. The Morgan fingerprint density at radius 3 is 2.71 bits per heavy atom. The smallest absolute Gasteiger partial charge is 0.257 e. The molecule has 0 radical (unpaired) electrons. The lowest BCUT2D eigenvalue weighted by Gasteiger charge is -2.38. The molecule has 2 aromatic carbocycles. The van der Waals surface area contributed by atoms with E-state index >= 15 is 0 Å². The van der Waals surface area contributed by atoms with Crippen molar-refractivity contribution in [3.05, 3.63) is 91.3 Å². The Labute approximate surface area is 218 Å². The fourth-order valence-electron chi connectivity index (χ4n) is 4.35. The summed E-state index contributed by atoms with van der Waals surface area (Å²) in [6.45, 7) is 0.977. The van der Waals surface area contributed by atoms with Gasteiger partial charge in [-0.15, -0.1) is 11.3 Å². The van der Waals surface area contributed by atoms with E-state index in [0.29, 0.717) is 36.0 Å². The molecule has 0 aliphatic carbocycles. The van der Waals surface area contributed by atoms with Crippen LogP contribution in [0.5, 0.6) is 0 Å². The summed E-state index contributed by atoms with van der Waals surface area (Å²) in [6.07, 6.45) is 1.23. The molecule has 0 spiro atoms. The van der Waals surface area contributed by atoms with E-state index in [2.05, 4.69) is 0 Å². The molecule has 184 valence electrons. The maximum absolute atomic E-state index is 14.4. The molecule has 1 aromatic heterocycles. The molecule has 0 N–H and O–H groups in total. The van der Waals surface area contributed by atoms with Gasteiger partial charge in [0, 0.05) is 41.7 Å². The van der Waals surface area contributed by atoms with Crippen LogP contribution in [0.3, 0.4) is 0 Å². The fraction of sp³-hybridized carbons (Fsp3) is 0.308. The van der Waals surface area contributed by atoms with Crippen molar-refractivity contribution in [3.8, 4) is 0 Å². The Hall–Kier alpha value is -2.45. The summed E-state index contributed by atoms with van der Waals surface area (Å²) in [5.41, 5.74) is 1.73. The Morgan fingerprint density at radius 2 is 1.97 bits per heavy atom. The van der Waals surface area contributed by atoms with E-state index in [9.17, 15) is 14.0 Å². The third kappa shape index (κ3) is 5.70. The van der Waals surface area contributed by atoms with E-state index in [1.807, 2.05) is 17.5 Å². The van der Waals surface area contributed by atoms with Crippen molar-refractivity contribution in [2.75, 3.05) is 33.4 Å². The van der Waals surface area contributed by atoms with Gasteiger partial charge in [0.15, 0.2) is 0 Å². The van der Waals surface area contributed by atoms with Crippen molar-refractivity contribution in [1.82, 2.24) is 9.80 Å². The Morgan fingerprint density at radius 1 is 1.17 bits per heavy atom. The van der Waals surface area contributed by atoms with E-state index in [1.54, 1.807) is 41.5 Å². The maximum Gasteiger partial charge on any atom is 0.257 e. The molecule has 1 aliphatic heterocycles. The molecule has 1 atom stereocenters. The zero-order chi connectivity index (χ0) is 24.9. The van der Waals surface area contributed by atoms with Gasteiger partial charge in [0.2, 0.25) is 5.91 Å². The summed E-state index contributed by atoms with van der Waals surface area (Å²) in [5, 5.41) is 2.99. The molecule has 35 heavy (non-hydrogen) atoms. The summed E-state index contributed by atoms with van der Waals surface area (Å²) < 4.78 is 19.5. The Kier molecular flexibility index (Phi) is 8.44. The van der Waals surface area contributed by atoms with Crippen molar-refractivity contribution in [3.63, 3.8) is 0 Å². The second-order valence-corrected chi connectivity index (χ2v) is 10.1. The SMILES string of the molecule is COCCCN(CC(=O)N1CCc2sccc2C1c1ccc(Cl)cc1Cl)C(=O)c1ccccc1F. The van der Waals surface area contributed by atoms with Gasteiger partial charge in [-0.2, -0.15) is 0 Å². The number of fused-ring (bicyclic) bond motifs is 1. The Bertz CT molecular complexity index is 1220. The van der Waals surface area contributed by atoms with Crippen molar-refractivity contribution in [1.29, 1.82) is 0 Å². The molecule has 4 rings (SSSR count). The van der Waals surface area contributed by atoms with Gasteiger partial charge in [-0.05, 0) is 59.7 Å². The van der Waals surface area contributed by atoms with Crippen LogP contribution in [0.15, 0.2) is 53.9 Å². The number of ether oxygens (including phenoxy) is 1. The van der Waals surface area contributed by atoms with E-state index in [1.165, 1.54) is 28.0 Å². The largest absolute Gasteiger partial charge is 0.385 e. The summed E-state index contributed by atoms with van der Waals surface area (Å²) in [4.78, 5) is 31.3. The lowest BCUT2D eigenvalue weighted by Crippen LogP contribution is -2.47. The first-order valence-electron chi connectivity index (χ1n) is 11.2. The third-order valence-corrected chi connectivity index (χ3v) is 7.60. The molecule has 0 saturated carbocycles. The molecule has 2 amide bonds. The molecule has 5 nitrogen and oxygen atoms in total. The number of hydrogen-bond acceptors (Lipinski definition) is 4. The average molecular weight is 535 g/mol. The second-order valence-electron chi connectivity index (χ2n) is 8.26. The molecule has 0 saturated heterocycles. The molecule has 0 fully saturated rings. The van der Waals surface area contributed by atoms with Gasteiger partial charge in [-0.1, -0.05) is 41.4 Å². The highest BCUT2D eigenvalue weighted by Crippen LogP contribution is 2.41. The molecule has 1 unspecified atom stereocenters. The van der Waals surface area contributed by atoms with Gasteiger partial charge < -0.3 is 14.5 Å². The second kappa shape index (κ2) is 11.5. The predicted octanol–water partition coefficient (Wildman–Crippen LogP) is 5.85. The minimum atomic E-state index is -0.617. The number of rotatable bonds is 8. The van der Waals surface area contributed by atoms with Crippen molar-refractivity contribution < 1.29 is 18.7 Å². The molecular formula is C26H25Cl2FN2O3S. The summed E-state index contributed by atoms with van der Waals surface area (Å²) in [7, 11) is 1.57. The number of halogens is 3. The molecule has 2 heterocycles. The van der Waals surface area contributed by atoms with Crippen LogP contribution in [-0.4, -0.2) is 55.0 Å². The fourth-order valence-corrected chi connectivity index (χ4v) is 5.77. The number of benzene rings is 2. The van der Waals surface area contributed by atoms with Crippen LogP contribution < -0.4 is 0 Å². The first-order valence-corrected chi connectivity index (χ1v) is 12.9. The summed E-state index contributed by atoms with van der Waals surface area (Å²) in [6, 6.07) is 12.7. The molecular weight excluding hydrogens is 510 g/mol. The minimum Gasteiger partial charge on any atom is -0.385 e. The minimum absolute atomic E-state index is 0.0613. The first kappa shape index (κ1) is 25.6. The number of amides is 2. The van der Waals surface area contributed by atoms with Gasteiger partial charge >= 0.3 is 0 Å². The van der Waals surface area contributed by atoms with Gasteiger partial charge in [0.25, 0.3) is 5.91 Å². The summed E-state index contributed by atoms with van der Waals surface area (Å²) in [5.74, 6) is -1.38. The Balaban J connectivity index is 1.64. The lowest BCUT2D eigenvalue weighted by molar-refractivity contribution is -0.134. The van der Waals surface area contributed by atoms with Crippen molar-refractivity contribution in [2.24, 2.45) is 0 Å². The highest BCUT2D eigenvalue weighted by atomic mass is 35.5. The van der Waals surface area contributed by atoms with Crippen LogP contribution in [0.4, 0.5) is 4.39 Å². The quantitative estimate of drug-likeness (QED) is 0.340. The van der Waals surface area contributed by atoms with E-state index < -0.39 is 17.8 Å². The van der Waals surface area contributed by atoms with Crippen LogP contribution in [0, 0.1) is 5.82 Å². The van der Waals surface area contributed by atoms with Crippen LogP contribution in [-0.2, 0) is 16.0 Å². The van der Waals surface area contributed by atoms with Crippen LogP contribution >= 0.6 is 34.5 Å². The average Bonchev–Trinajstić information content (AvgIpc) is 3.32. The highest BCUT2D eigenvalue weighted by Gasteiger charge is 2.35. The van der Waals surface area contributed by atoms with E-state index in [0.717, 1.165) is 11.1 Å². The van der Waals surface area contributed by atoms with Gasteiger partial charge in [0.05, 0.1) is 11.6 Å². The zero-order valence-corrected chi connectivity index (χ0v) is 21.5. The van der Waals surface area contributed by atoms with Crippen LogP contribution in [0.1, 0.15) is 38.8 Å². The first-order chi connectivity index (χ1) is 16.9. The van der Waals surface area contributed by atoms with Gasteiger partial charge in [0.1, 0.15) is 12.4 Å². The van der Waals surface area contributed by atoms with Gasteiger partial charge in [-0.3, -0.25) is 9.59 Å². The summed E-state index contributed by atoms with van der Waals surface area (Å²) >= 11 is 14.3. The standard InChI is InChI=1S/C26H25Cl2FN2O3S/c1-34-13-4-11-30(26(33)19-5-2-3-6-22(19)29)16-24(32)31-12-9-23-20(10-14-35-23)25(31)18-8-7-17(27)15-21(18)28/h2-3,5-8,10,14-15,25H,4,9,11-13,16H2,1H3. The van der Waals surface area contributed by atoms with Crippen molar-refractivity contribution >= 4 is 46.4 Å². The number of thiophene rings is 1. The lowest BCUT2D eigenvalue weighted by atomic mass is 9.93. The maximum atomic E-state index is 14.4. The van der Waals surface area contributed by atoms with E-state index in [4.69, 9.17) is 27.9 Å². The molecule has 0 bridgehead atoms. The normalized spacial score (nSPS) is 15.1. The number of nitrogens with zero attached hydrogens (tertiary/aromatic N) is 2. The molecule has 9 heteroatoms. The predicted molar refractivity (Wildman–Crippen MR) is 137 cm³/mol.